The van der Waals surface area contributed by atoms with Crippen LogP contribution in [-0.4, -0.2) is 38.1 Å². The van der Waals surface area contributed by atoms with E-state index in [0.717, 1.165) is 5.69 Å². The van der Waals surface area contributed by atoms with Crippen LogP contribution in [0.5, 0.6) is 0 Å². The molecule has 1 N–H and O–H groups in total. The Morgan fingerprint density at radius 2 is 1.54 bits per heavy atom. The van der Waals surface area contributed by atoms with Crippen LogP contribution in [0, 0.1) is 0 Å². The molecule has 0 aromatic heterocycles. The van der Waals surface area contributed by atoms with Crippen LogP contribution in [0.4, 0.5) is 5.69 Å². The summed E-state index contributed by atoms with van der Waals surface area (Å²) in [6.07, 6.45) is 0. The maximum Gasteiger partial charge on any atom is 0.243 e. The Balaban J connectivity index is 2.07. The van der Waals surface area contributed by atoms with Gasteiger partial charge in [-0.15, -0.1) is 0 Å². The van der Waals surface area contributed by atoms with Crippen molar-refractivity contribution in [3.8, 4) is 0 Å². The van der Waals surface area contributed by atoms with Crippen molar-refractivity contribution in [2.45, 2.75) is 18.7 Å². The topological polar surface area (TPSA) is 66.5 Å². The third kappa shape index (κ3) is 4.21. The molecule has 0 saturated carbocycles. The molecular formula is C18H22N2O3S. The smallest absolute Gasteiger partial charge is 0.243 e. The second kappa shape index (κ2) is 8.08. The average molecular weight is 346 g/mol. The number of rotatable bonds is 8. The summed E-state index contributed by atoms with van der Waals surface area (Å²) in [5.41, 5.74) is 1.35. The van der Waals surface area contributed by atoms with E-state index in [1.165, 1.54) is 16.4 Å². The van der Waals surface area contributed by atoms with Gasteiger partial charge in [0.1, 0.15) is 0 Å². The van der Waals surface area contributed by atoms with Crippen LogP contribution in [0.15, 0.2) is 59.5 Å². The molecule has 0 spiro atoms. The van der Waals surface area contributed by atoms with E-state index in [0.29, 0.717) is 18.7 Å². The lowest BCUT2D eigenvalue weighted by Gasteiger charge is -2.18. The Labute approximate surface area is 143 Å². The fraction of sp³-hybridized carbons (Fsp3) is 0.278. The molecule has 0 aliphatic carbocycles. The van der Waals surface area contributed by atoms with Gasteiger partial charge in [0.25, 0.3) is 0 Å². The number of sulfonamides is 1. The monoisotopic (exact) mass is 346 g/mol. The van der Waals surface area contributed by atoms with Gasteiger partial charge < -0.3 is 5.32 Å². The van der Waals surface area contributed by atoms with Crippen LogP contribution in [0.3, 0.4) is 0 Å². The van der Waals surface area contributed by atoms with E-state index in [4.69, 9.17) is 0 Å². The Kier molecular flexibility index (Phi) is 6.11. The molecule has 0 fully saturated rings. The number of carbonyl (C=O) groups is 1. The predicted octanol–water partition coefficient (Wildman–Crippen LogP) is 3.01. The van der Waals surface area contributed by atoms with Crippen LogP contribution < -0.4 is 5.32 Å². The highest BCUT2D eigenvalue weighted by molar-refractivity contribution is 7.89. The molecule has 0 saturated heterocycles. The summed E-state index contributed by atoms with van der Waals surface area (Å²) < 4.78 is 26.2. The van der Waals surface area contributed by atoms with Crippen molar-refractivity contribution in [2.24, 2.45) is 0 Å². The number of nitrogens with zero attached hydrogens (tertiary/aromatic N) is 1. The van der Waals surface area contributed by atoms with Gasteiger partial charge in [-0.25, -0.2) is 8.42 Å². The van der Waals surface area contributed by atoms with E-state index in [9.17, 15) is 13.2 Å². The number of benzene rings is 2. The zero-order valence-electron chi connectivity index (χ0n) is 13.9. The highest BCUT2D eigenvalue weighted by atomic mass is 32.2. The zero-order valence-corrected chi connectivity index (χ0v) is 14.7. The molecule has 6 heteroatoms. The molecule has 2 aromatic carbocycles. The number of para-hydroxylation sites is 1. The van der Waals surface area contributed by atoms with E-state index >= 15 is 0 Å². The summed E-state index contributed by atoms with van der Waals surface area (Å²) in [7, 11) is -3.49. The summed E-state index contributed by atoms with van der Waals surface area (Å²) >= 11 is 0. The lowest BCUT2D eigenvalue weighted by molar-refractivity contribution is 0.101. The number of Topliss-reactive ketones (excluding diaryl/α,β-unsaturated/α-hetero) is 1. The van der Waals surface area contributed by atoms with Gasteiger partial charge in [-0.2, -0.15) is 4.31 Å². The molecule has 2 rings (SSSR count). The minimum Gasteiger partial charge on any atom is -0.378 e. The Morgan fingerprint density at radius 1 is 0.958 bits per heavy atom. The lowest BCUT2D eigenvalue weighted by atomic mass is 10.1. The molecular weight excluding hydrogens is 324 g/mol. The first-order valence-corrected chi connectivity index (χ1v) is 9.35. The van der Waals surface area contributed by atoms with Crippen molar-refractivity contribution in [1.29, 1.82) is 0 Å². The molecule has 0 amide bonds. The number of anilines is 1. The van der Waals surface area contributed by atoms with Crippen LogP contribution in [0.25, 0.3) is 0 Å². The maximum atomic E-state index is 12.4. The predicted molar refractivity (Wildman–Crippen MR) is 95.8 cm³/mol. The summed E-state index contributed by atoms with van der Waals surface area (Å²) in [6, 6.07) is 15.5. The molecule has 0 atom stereocenters. The summed E-state index contributed by atoms with van der Waals surface area (Å²) in [4.78, 5) is 12.4. The molecule has 0 heterocycles. The minimum atomic E-state index is -3.49. The fourth-order valence-electron chi connectivity index (χ4n) is 2.37. The quantitative estimate of drug-likeness (QED) is 0.746. The molecule has 128 valence electrons. The summed E-state index contributed by atoms with van der Waals surface area (Å²) in [6.45, 7) is 4.59. The zero-order chi connectivity index (χ0) is 17.6. The number of carbonyl (C=O) groups excluding carboxylic acids is 1. The third-order valence-electron chi connectivity index (χ3n) is 3.75. The fourth-order valence-corrected chi connectivity index (χ4v) is 3.82. The van der Waals surface area contributed by atoms with Crippen LogP contribution in [0.2, 0.25) is 0 Å². The maximum absolute atomic E-state index is 12.4. The largest absolute Gasteiger partial charge is 0.378 e. The van der Waals surface area contributed by atoms with Crippen molar-refractivity contribution >= 4 is 21.5 Å². The number of hydrogen-bond acceptors (Lipinski definition) is 4. The molecule has 5 nitrogen and oxygen atoms in total. The highest BCUT2D eigenvalue weighted by Crippen LogP contribution is 2.16. The van der Waals surface area contributed by atoms with Gasteiger partial charge in [0.15, 0.2) is 5.78 Å². The summed E-state index contributed by atoms with van der Waals surface area (Å²) in [5.74, 6) is -0.0920. The lowest BCUT2D eigenvalue weighted by Crippen LogP contribution is -2.30. The van der Waals surface area contributed by atoms with Gasteiger partial charge in [-0.3, -0.25) is 4.79 Å². The van der Waals surface area contributed by atoms with E-state index in [2.05, 4.69) is 5.32 Å². The minimum absolute atomic E-state index is 0.0920. The number of nitrogens with one attached hydrogen (secondary N) is 1. The first-order valence-electron chi connectivity index (χ1n) is 7.91. The van der Waals surface area contributed by atoms with Crippen molar-refractivity contribution in [2.75, 3.05) is 25.0 Å². The van der Waals surface area contributed by atoms with E-state index in [1.807, 2.05) is 30.3 Å². The molecule has 0 aliphatic rings. The van der Waals surface area contributed by atoms with Crippen LogP contribution in [0.1, 0.15) is 24.2 Å². The highest BCUT2D eigenvalue weighted by Gasteiger charge is 2.21. The Morgan fingerprint density at radius 3 is 2.08 bits per heavy atom. The molecule has 2 aromatic rings. The molecule has 24 heavy (non-hydrogen) atoms. The standard InChI is InChI=1S/C18H22N2O3S/c1-3-20(4-2)24(22,23)17-12-10-15(11-13-17)18(21)14-19-16-8-6-5-7-9-16/h5-13,19H,3-4,14H2,1-2H3. The van der Waals surface area contributed by atoms with E-state index < -0.39 is 10.0 Å². The first-order chi connectivity index (χ1) is 11.5. The second-order valence-electron chi connectivity index (χ2n) is 5.26. The molecule has 0 aliphatic heterocycles. The Hall–Kier alpha value is -2.18. The van der Waals surface area contributed by atoms with Crippen molar-refractivity contribution in [3.05, 3.63) is 60.2 Å². The van der Waals surface area contributed by atoms with Gasteiger partial charge in [-0.05, 0) is 36.4 Å². The second-order valence-corrected chi connectivity index (χ2v) is 7.19. The van der Waals surface area contributed by atoms with Crippen molar-refractivity contribution < 1.29 is 13.2 Å². The van der Waals surface area contributed by atoms with Gasteiger partial charge in [-0.1, -0.05) is 32.0 Å². The van der Waals surface area contributed by atoms with Crippen LogP contribution in [-0.2, 0) is 10.0 Å². The van der Waals surface area contributed by atoms with Gasteiger partial charge >= 0.3 is 0 Å². The van der Waals surface area contributed by atoms with Crippen LogP contribution >= 0.6 is 0 Å². The number of ketones is 1. The number of hydrogen-bond donors (Lipinski definition) is 1. The first kappa shape index (κ1) is 18.2. The van der Waals surface area contributed by atoms with Crippen molar-refractivity contribution in [1.82, 2.24) is 4.31 Å². The molecule has 0 unspecified atom stereocenters. The van der Waals surface area contributed by atoms with E-state index in [-0.39, 0.29) is 17.2 Å². The van der Waals surface area contributed by atoms with Crippen molar-refractivity contribution in [3.63, 3.8) is 0 Å². The third-order valence-corrected chi connectivity index (χ3v) is 5.81. The van der Waals surface area contributed by atoms with E-state index in [1.54, 1.807) is 26.0 Å². The SMILES string of the molecule is CCN(CC)S(=O)(=O)c1ccc(C(=O)CNc2ccccc2)cc1. The normalized spacial score (nSPS) is 11.5. The van der Waals surface area contributed by atoms with Gasteiger partial charge in [0.05, 0.1) is 11.4 Å². The Bertz CT molecular complexity index is 768. The summed E-state index contributed by atoms with van der Waals surface area (Å²) in [5, 5.41) is 3.05. The van der Waals surface area contributed by atoms with Gasteiger partial charge in [0, 0.05) is 24.3 Å². The molecule has 0 bridgehead atoms. The molecule has 0 radical (unpaired) electrons. The average Bonchev–Trinajstić information content (AvgIpc) is 2.61. The van der Waals surface area contributed by atoms with Gasteiger partial charge in [0.2, 0.25) is 10.0 Å².